The van der Waals surface area contributed by atoms with Gasteiger partial charge in [-0.3, -0.25) is 4.79 Å². The summed E-state index contributed by atoms with van der Waals surface area (Å²) in [7, 11) is 0. The summed E-state index contributed by atoms with van der Waals surface area (Å²) in [6.45, 7) is 2.64. The molecule has 1 aromatic carbocycles. The number of carbonyl (C=O) groups is 1. The fraction of sp³-hybridized carbons (Fsp3) is 0.333. The van der Waals surface area contributed by atoms with Crippen molar-refractivity contribution < 1.29 is 4.79 Å². The summed E-state index contributed by atoms with van der Waals surface area (Å²) in [5.41, 5.74) is 8.22. The van der Waals surface area contributed by atoms with Crippen molar-refractivity contribution in [3.05, 3.63) is 45.9 Å². The van der Waals surface area contributed by atoms with E-state index in [9.17, 15) is 4.79 Å². The summed E-state index contributed by atoms with van der Waals surface area (Å²) in [4.78, 5) is 16.4. The Morgan fingerprint density at radius 1 is 1.40 bits per heavy atom. The Kier molecular flexibility index (Phi) is 5.26. The zero-order valence-electron chi connectivity index (χ0n) is 11.6. The van der Waals surface area contributed by atoms with E-state index >= 15 is 0 Å². The Balaban J connectivity index is 1.91. The Hall–Kier alpha value is -1.72. The van der Waals surface area contributed by atoms with Gasteiger partial charge in [0.1, 0.15) is 0 Å². The lowest BCUT2D eigenvalue weighted by Gasteiger charge is -2.06. The summed E-state index contributed by atoms with van der Waals surface area (Å²) in [5.74, 6) is -0.0324. The number of nitrogens with one attached hydrogen (secondary N) is 1. The first kappa shape index (κ1) is 14.7. The van der Waals surface area contributed by atoms with Crippen molar-refractivity contribution in [2.24, 2.45) is 5.73 Å². The molecule has 106 valence electrons. The molecule has 0 saturated carbocycles. The number of para-hydroxylation sites is 1. The third-order valence-corrected chi connectivity index (χ3v) is 3.91. The lowest BCUT2D eigenvalue weighted by molar-refractivity contribution is -0.115. The highest BCUT2D eigenvalue weighted by molar-refractivity contribution is 7.09. The Morgan fingerprint density at radius 3 is 2.95 bits per heavy atom. The predicted octanol–water partition coefficient (Wildman–Crippen LogP) is 2.52. The minimum Gasteiger partial charge on any atom is -0.330 e. The summed E-state index contributed by atoms with van der Waals surface area (Å²) < 4.78 is 0. The average Bonchev–Trinajstić information content (AvgIpc) is 2.86. The fourth-order valence-electron chi connectivity index (χ4n) is 1.87. The molecule has 1 heterocycles. The molecule has 0 atom stereocenters. The lowest BCUT2D eigenvalue weighted by Crippen LogP contribution is -2.15. The number of benzene rings is 1. The molecule has 1 aromatic heterocycles. The second kappa shape index (κ2) is 7.17. The molecule has 0 radical (unpaired) electrons. The van der Waals surface area contributed by atoms with E-state index in [1.165, 1.54) is 0 Å². The maximum Gasteiger partial charge on any atom is 0.230 e. The Labute approximate surface area is 123 Å². The molecule has 0 aliphatic carbocycles. The number of nitrogens with zero attached hydrogens (tertiary/aromatic N) is 1. The van der Waals surface area contributed by atoms with Gasteiger partial charge in [0.25, 0.3) is 0 Å². The van der Waals surface area contributed by atoms with E-state index in [0.29, 0.717) is 13.0 Å². The number of aryl methyl sites for hydroxylation is 2. The van der Waals surface area contributed by atoms with Crippen LogP contribution in [0.2, 0.25) is 0 Å². The molecule has 5 heteroatoms. The topological polar surface area (TPSA) is 68.0 Å². The molecule has 0 aliphatic rings. The molecule has 0 aliphatic heterocycles. The first-order valence-electron chi connectivity index (χ1n) is 6.68. The maximum atomic E-state index is 12.0. The summed E-state index contributed by atoms with van der Waals surface area (Å²) >= 11 is 1.59. The molecule has 0 saturated heterocycles. The highest BCUT2D eigenvalue weighted by atomic mass is 32.1. The first-order chi connectivity index (χ1) is 9.69. The zero-order chi connectivity index (χ0) is 14.4. The van der Waals surface area contributed by atoms with E-state index in [1.54, 1.807) is 11.3 Å². The van der Waals surface area contributed by atoms with Crippen LogP contribution in [0.4, 0.5) is 5.69 Å². The van der Waals surface area contributed by atoms with Crippen molar-refractivity contribution in [3.63, 3.8) is 0 Å². The monoisotopic (exact) mass is 289 g/mol. The summed E-state index contributed by atoms with van der Waals surface area (Å²) in [5, 5.41) is 5.91. The number of aromatic nitrogens is 1. The third kappa shape index (κ3) is 4.15. The SMILES string of the molecule is Cc1ccccc1NC(=O)Cc1csc(CCCN)n1. The van der Waals surface area contributed by atoms with Gasteiger partial charge in [-0.2, -0.15) is 0 Å². The van der Waals surface area contributed by atoms with Crippen LogP contribution in [0.1, 0.15) is 22.7 Å². The van der Waals surface area contributed by atoms with Gasteiger partial charge >= 0.3 is 0 Å². The van der Waals surface area contributed by atoms with E-state index in [1.807, 2.05) is 36.6 Å². The quantitative estimate of drug-likeness (QED) is 0.858. The maximum absolute atomic E-state index is 12.0. The highest BCUT2D eigenvalue weighted by Crippen LogP contribution is 2.15. The van der Waals surface area contributed by atoms with E-state index in [2.05, 4.69) is 10.3 Å². The Bertz CT molecular complexity index is 580. The minimum absolute atomic E-state index is 0.0324. The number of thiazole rings is 1. The van der Waals surface area contributed by atoms with Crippen molar-refractivity contribution >= 4 is 22.9 Å². The predicted molar refractivity (Wildman–Crippen MR) is 83.0 cm³/mol. The standard InChI is InChI=1S/C15H19N3OS/c1-11-5-2-3-6-13(11)18-14(19)9-12-10-20-15(17-12)7-4-8-16/h2-3,5-6,10H,4,7-9,16H2,1H3,(H,18,19). The lowest BCUT2D eigenvalue weighted by atomic mass is 10.2. The fourth-order valence-corrected chi connectivity index (χ4v) is 2.71. The molecule has 4 nitrogen and oxygen atoms in total. The normalized spacial score (nSPS) is 10.5. The van der Waals surface area contributed by atoms with Crippen molar-refractivity contribution in [1.29, 1.82) is 0 Å². The minimum atomic E-state index is -0.0324. The van der Waals surface area contributed by atoms with E-state index in [-0.39, 0.29) is 5.91 Å². The number of rotatable bonds is 6. The zero-order valence-corrected chi connectivity index (χ0v) is 12.4. The number of hydrogen-bond donors (Lipinski definition) is 2. The molecule has 3 N–H and O–H groups in total. The van der Waals surface area contributed by atoms with Gasteiger partial charge in [0, 0.05) is 17.5 Å². The van der Waals surface area contributed by atoms with Gasteiger partial charge in [-0.1, -0.05) is 18.2 Å². The van der Waals surface area contributed by atoms with Crippen molar-refractivity contribution in [1.82, 2.24) is 4.98 Å². The molecular weight excluding hydrogens is 270 g/mol. The highest BCUT2D eigenvalue weighted by Gasteiger charge is 2.09. The van der Waals surface area contributed by atoms with Crippen LogP contribution < -0.4 is 11.1 Å². The average molecular weight is 289 g/mol. The number of amides is 1. The van der Waals surface area contributed by atoms with Gasteiger partial charge in [0.2, 0.25) is 5.91 Å². The number of hydrogen-bond acceptors (Lipinski definition) is 4. The molecule has 0 fully saturated rings. The third-order valence-electron chi connectivity index (χ3n) is 2.95. The van der Waals surface area contributed by atoms with Crippen LogP contribution in [0.25, 0.3) is 0 Å². The van der Waals surface area contributed by atoms with Crippen LogP contribution in [-0.2, 0) is 17.6 Å². The van der Waals surface area contributed by atoms with Crippen LogP contribution in [0.3, 0.4) is 0 Å². The van der Waals surface area contributed by atoms with Crippen molar-refractivity contribution in [3.8, 4) is 0 Å². The molecule has 20 heavy (non-hydrogen) atoms. The van der Waals surface area contributed by atoms with Gasteiger partial charge in [-0.05, 0) is 31.5 Å². The summed E-state index contributed by atoms with van der Waals surface area (Å²) in [6, 6.07) is 7.75. The number of anilines is 1. The first-order valence-corrected chi connectivity index (χ1v) is 7.56. The second-order valence-electron chi connectivity index (χ2n) is 4.66. The molecule has 2 aromatic rings. The van der Waals surface area contributed by atoms with Gasteiger partial charge in [0.05, 0.1) is 17.1 Å². The molecule has 0 unspecified atom stereocenters. The van der Waals surface area contributed by atoms with E-state index < -0.39 is 0 Å². The second-order valence-corrected chi connectivity index (χ2v) is 5.61. The molecule has 0 spiro atoms. The van der Waals surface area contributed by atoms with Crippen LogP contribution >= 0.6 is 11.3 Å². The van der Waals surface area contributed by atoms with Crippen LogP contribution in [0.5, 0.6) is 0 Å². The van der Waals surface area contributed by atoms with Gasteiger partial charge in [-0.15, -0.1) is 11.3 Å². The van der Waals surface area contributed by atoms with E-state index in [4.69, 9.17) is 5.73 Å². The number of carbonyl (C=O) groups excluding carboxylic acids is 1. The van der Waals surface area contributed by atoms with Crippen molar-refractivity contribution in [2.75, 3.05) is 11.9 Å². The van der Waals surface area contributed by atoms with Crippen LogP contribution in [-0.4, -0.2) is 17.4 Å². The van der Waals surface area contributed by atoms with Gasteiger partial charge in [0.15, 0.2) is 0 Å². The van der Waals surface area contributed by atoms with Gasteiger partial charge < -0.3 is 11.1 Å². The van der Waals surface area contributed by atoms with Gasteiger partial charge in [-0.25, -0.2) is 4.98 Å². The molecule has 0 bridgehead atoms. The summed E-state index contributed by atoms with van der Waals surface area (Å²) in [6.07, 6.45) is 2.14. The van der Waals surface area contributed by atoms with Crippen LogP contribution in [0.15, 0.2) is 29.6 Å². The molecule has 1 amide bonds. The largest absolute Gasteiger partial charge is 0.330 e. The van der Waals surface area contributed by atoms with Crippen LogP contribution in [0, 0.1) is 6.92 Å². The smallest absolute Gasteiger partial charge is 0.230 e. The molecule has 2 rings (SSSR count). The number of nitrogens with two attached hydrogens (primary N) is 1. The molecular formula is C15H19N3OS. The Morgan fingerprint density at radius 2 is 2.20 bits per heavy atom. The van der Waals surface area contributed by atoms with Crippen molar-refractivity contribution in [2.45, 2.75) is 26.2 Å². The van der Waals surface area contributed by atoms with E-state index in [0.717, 1.165) is 34.8 Å².